The Bertz CT molecular complexity index is 936. The van der Waals surface area contributed by atoms with Crippen molar-refractivity contribution in [2.75, 3.05) is 19.0 Å². The van der Waals surface area contributed by atoms with Crippen molar-refractivity contribution in [3.05, 3.63) is 53.8 Å². The van der Waals surface area contributed by atoms with E-state index in [4.69, 9.17) is 11.2 Å². The molecule has 0 fully saturated rings. The molecule has 0 aromatic heterocycles. The van der Waals surface area contributed by atoms with E-state index in [2.05, 4.69) is 16.0 Å². The molecular formula is C17H15FN2O4S. The smallest absolute Gasteiger partial charge is 0.255 e. The molecule has 0 saturated heterocycles. The van der Waals surface area contributed by atoms with Gasteiger partial charge in [0, 0.05) is 11.6 Å². The molecule has 0 aliphatic rings. The highest BCUT2D eigenvalue weighted by atomic mass is 32.2. The standard InChI is InChI=1S/C17H15FN2O4S/c1-3-9-19-25(22,23)14-6-4-5-12(10-14)17(21)20-15-8-7-13(18)11-16(15)24-2/h1,4-8,10-11,19H,9H2,2H3,(H,20,21). The summed E-state index contributed by atoms with van der Waals surface area (Å²) in [5.41, 5.74) is 0.363. The van der Waals surface area contributed by atoms with Crippen molar-refractivity contribution in [2.45, 2.75) is 4.90 Å². The van der Waals surface area contributed by atoms with Crippen LogP contribution in [0.1, 0.15) is 10.4 Å². The Morgan fingerprint density at radius 2 is 2.04 bits per heavy atom. The molecule has 0 aliphatic carbocycles. The second kappa shape index (κ2) is 7.79. The highest BCUT2D eigenvalue weighted by Gasteiger charge is 2.16. The number of benzene rings is 2. The molecule has 2 aromatic carbocycles. The van der Waals surface area contributed by atoms with Crippen molar-refractivity contribution in [2.24, 2.45) is 0 Å². The maximum Gasteiger partial charge on any atom is 0.255 e. The van der Waals surface area contributed by atoms with Gasteiger partial charge in [0.2, 0.25) is 10.0 Å². The summed E-state index contributed by atoms with van der Waals surface area (Å²) >= 11 is 0. The second-order valence-electron chi connectivity index (χ2n) is 4.86. The van der Waals surface area contributed by atoms with Gasteiger partial charge in [0.1, 0.15) is 11.6 Å². The molecule has 0 bridgehead atoms. The van der Waals surface area contributed by atoms with Crippen LogP contribution < -0.4 is 14.8 Å². The minimum absolute atomic E-state index is 0.0959. The van der Waals surface area contributed by atoms with Gasteiger partial charge >= 0.3 is 0 Å². The number of carbonyl (C=O) groups excluding carboxylic acids is 1. The predicted octanol–water partition coefficient (Wildman–Crippen LogP) is 2.00. The lowest BCUT2D eigenvalue weighted by molar-refractivity contribution is 0.102. The largest absolute Gasteiger partial charge is 0.494 e. The maximum atomic E-state index is 13.2. The zero-order chi connectivity index (χ0) is 18.4. The quantitative estimate of drug-likeness (QED) is 0.770. The molecule has 0 saturated carbocycles. The van der Waals surface area contributed by atoms with Crippen LogP contribution in [0.2, 0.25) is 0 Å². The van der Waals surface area contributed by atoms with Gasteiger partial charge in [0.05, 0.1) is 24.2 Å². The van der Waals surface area contributed by atoms with Crippen molar-refractivity contribution < 1.29 is 22.3 Å². The normalized spacial score (nSPS) is 10.8. The number of halogens is 1. The van der Waals surface area contributed by atoms with Gasteiger partial charge in [-0.3, -0.25) is 4.79 Å². The van der Waals surface area contributed by atoms with Gasteiger partial charge in [-0.05, 0) is 30.3 Å². The summed E-state index contributed by atoms with van der Waals surface area (Å²) in [6.07, 6.45) is 5.04. The van der Waals surface area contributed by atoms with Crippen LogP contribution in [0.25, 0.3) is 0 Å². The number of sulfonamides is 1. The number of hydrogen-bond acceptors (Lipinski definition) is 4. The lowest BCUT2D eigenvalue weighted by Gasteiger charge is -2.11. The molecular weight excluding hydrogens is 347 g/mol. The lowest BCUT2D eigenvalue weighted by Crippen LogP contribution is -2.24. The number of nitrogens with one attached hydrogen (secondary N) is 2. The Hall–Kier alpha value is -2.89. The first-order chi connectivity index (χ1) is 11.9. The Labute approximate surface area is 145 Å². The summed E-state index contributed by atoms with van der Waals surface area (Å²) in [4.78, 5) is 12.3. The van der Waals surface area contributed by atoms with Crippen molar-refractivity contribution in [1.29, 1.82) is 0 Å². The van der Waals surface area contributed by atoms with Gasteiger partial charge in [-0.15, -0.1) is 6.42 Å². The fourth-order valence-electron chi connectivity index (χ4n) is 1.99. The van der Waals surface area contributed by atoms with Crippen LogP contribution in [0.5, 0.6) is 5.75 Å². The molecule has 0 spiro atoms. The number of terminal acetylenes is 1. The fourth-order valence-corrected chi connectivity index (χ4v) is 2.97. The number of carbonyl (C=O) groups is 1. The Balaban J connectivity index is 2.27. The van der Waals surface area contributed by atoms with E-state index in [1.807, 2.05) is 0 Å². The van der Waals surface area contributed by atoms with Gasteiger partial charge in [-0.1, -0.05) is 12.0 Å². The van der Waals surface area contributed by atoms with E-state index in [-0.39, 0.29) is 28.4 Å². The van der Waals surface area contributed by atoms with E-state index >= 15 is 0 Å². The molecule has 0 unspecified atom stereocenters. The van der Waals surface area contributed by atoms with E-state index in [1.54, 1.807) is 0 Å². The monoisotopic (exact) mass is 362 g/mol. The first kappa shape index (κ1) is 18.4. The molecule has 25 heavy (non-hydrogen) atoms. The average molecular weight is 362 g/mol. The van der Waals surface area contributed by atoms with Crippen LogP contribution in [0.15, 0.2) is 47.4 Å². The first-order valence-electron chi connectivity index (χ1n) is 7.05. The third-order valence-electron chi connectivity index (χ3n) is 3.18. The van der Waals surface area contributed by atoms with E-state index < -0.39 is 21.7 Å². The number of anilines is 1. The molecule has 0 aliphatic heterocycles. The van der Waals surface area contributed by atoms with E-state index in [0.717, 1.165) is 6.07 Å². The Kier molecular flexibility index (Phi) is 5.75. The number of methoxy groups -OCH3 is 1. The van der Waals surface area contributed by atoms with E-state index in [0.29, 0.717) is 0 Å². The van der Waals surface area contributed by atoms with Crippen LogP contribution in [0, 0.1) is 18.2 Å². The number of ether oxygens (including phenoxy) is 1. The second-order valence-corrected chi connectivity index (χ2v) is 6.62. The minimum atomic E-state index is -3.82. The molecule has 2 N–H and O–H groups in total. The third-order valence-corrected chi connectivity index (χ3v) is 4.58. The van der Waals surface area contributed by atoms with Crippen molar-refractivity contribution in [3.8, 4) is 18.1 Å². The number of hydrogen-bond donors (Lipinski definition) is 2. The maximum absolute atomic E-state index is 13.2. The summed E-state index contributed by atoms with van der Waals surface area (Å²) in [7, 11) is -2.47. The molecule has 8 heteroatoms. The van der Waals surface area contributed by atoms with Crippen LogP contribution >= 0.6 is 0 Å². The molecule has 0 atom stereocenters. The zero-order valence-corrected chi connectivity index (χ0v) is 14.1. The predicted molar refractivity (Wildman–Crippen MR) is 91.4 cm³/mol. The number of rotatable bonds is 6. The molecule has 2 aromatic rings. The van der Waals surface area contributed by atoms with E-state index in [1.165, 1.54) is 43.5 Å². The van der Waals surface area contributed by atoms with Gasteiger partial charge < -0.3 is 10.1 Å². The zero-order valence-electron chi connectivity index (χ0n) is 13.2. The van der Waals surface area contributed by atoms with Crippen molar-refractivity contribution in [1.82, 2.24) is 4.72 Å². The molecule has 6 nitrogen and oxygen atoms in total. The van der Waals surface area contributed by atoms with Crippen LogP contribution in [0.3, 0.4) is 0 Å². The highest BCUT2D eigenvalue weighted by molar-refractivity contribution is 7.89. The van der Waals surface area contributed by atoms with Gasteiger partial charge in [-0.25, -0.2) is 12.8 Å². The van der Waals surface area contributed by atoms with Gasteiger partial charge in [0.25, 0.3) is 5.91 Å². The summed E-state index contributed by atoms with van der Waals surface area (Å²) in [5.74, 6) is 1.23. The topological polar surface area (TPSA) is 84.5 Å². The average Bonchev–Trinajstić information content (AvgIpc) is 2.61. The molecule has 0 heterocycles. The molecule has 0 radical (unpaired) electrons. The fraction of sp³-hybridized carbons (Fsp3) is 0.118. The number of amides is 1. The first-order valence-corrected chi connectivity index (χ1v) is 8.54. The molecule has 130 valence electrons. The summed E-state index contributed by atoms with van der Waals surface area (Å²) in [6.45, 7) is -0.161. The lowest BCUT2D eigenvalue weighted by atomic mass is 10.2. The van der Waals surface area contributed by atoms with Crippen molar-refractivity contribution in [3.63, 3.8) is 0 Å². The van der Waals surface area contributed by atoms with Gasteiger partial charge in [0.15, 0.2) is 0 Å². The Morgan fingerprint density at radius 1 is 1.28 bits per heavy atom. The molecule has 2 rings (SSSR count). The van der Waals surface area contributed by atoms with E-state index in [9.17, 15) is 17.6 Å². The summed E-state index contributed by atoms with van der Waals surface area (Å²) in [6, 6.07) is 9.08. The molecule has 1 amide bonds. The SMILES string of the molecule is C#CCNS(=O)(=O)c1cccc(C(=O)Nc2ccc(F)cc2OC)c1. The summed E-state index contributed by atoms with van der Waals surface area (Å²) < 4.78 is 44.5. The summed E-state index contributed by atoms with van der Waals surface area (Å²) in [5, 5.41) is 2.55. The van der Waals surface area contributed by atoms with Crippen LogP contribution in [-0.2, 0) is 10.0 Å². The highest BCUT2D eigenvalue weighted by Crippen LogP contribution is 2.25. The Morgan fingerprint density at radius 3 is 2.72 bits per heavy atom. The van der Waals surface area contributed by atoms with Crippen LogP contribution in [-0.4, -0.2) is 28.0 Å². The van der Waals surface area contributed by atoms with Gasteiger partial charge in [-0.2, -0.15) is 4.72 Å². The van der Waals surface area contributed by atoms with Crippen LogP contribution in [0.4, 0.5) is 10.1 Å². The minimum Gasteiger partial charge on any atom is -0.494 e. The van der Waals surface area contributed by atoms with Crippen molar-refractivity contribution >= 4 is 21.6 Å². The third kappa shape index (κ3) is 4.56.